The molecule has 0 saturated carbocycles. The number of halogens is 1. The van der Waals surface area contributed by atoms with E-state index in [2.05, 4.69) is 23.6 Å². The molecule has 1 heterocycles. The highest BCUT2D eigenvalue weighted by molar-refractivity contribution is 6.30. The normalized spacial score (nSPS) is 22.7. The molecule has 0 aromatic heterocycles. The minimum Gasteiger partial charge on any atom is -0.298 e. The van der Waals surface area contributed by atoms with Crippen LogP contribution in [0.1, 0.15) is 31.1 Å². The summed E-state index contributed by atoms with van der Waals surface area (Å²) in [5.74, 6) is 0.179. The smallest absolute Gasteiger partial charge is 0.179 e. The van der Waals surface area contributed by atoms with Crippen molar-refractivity contribution in [3.63, 3.8) is 0 Å². The Morgan fingerprint density at radius 3 is 2.55 bits per heavy atom. The minimum absolute atomic E-state index is 0.0716. The van der Waals surface area contributed by atoms with Crippen molar-refractivity contribution in [2.75, 3.05) is 26.2 Å². The summed E-state index contributed by atoms with van der Waals surface area (Å²) >= 11 is 5.87. The number of carbonyl (C=O) groups is 1. The second kappa shape index (κ2) is 6.70. The first kappa shape index (κ1) is 15.5. The SMILES string of the molecule is CCN1CCN(C(C)C(=O)c2ccc(Cl)cc2)CC1C. The van der Waals surface area contributed by atoms with Crippen LogP contribution in [0.2, 0.25) is 5.02 Å². The fourth-order valence-electron chi connectivity index (χ4n) is 2.87. The van der Waals surface area contributed by atoms with E-state index in [0.29, 0.717) is 11.1 Å². The molecule has 2 rings (SSSR count). The number of hydrogen-bond donors (Lipinski definition) is 0. The molecule has 0 radical (unpaired) electrons. The molecular weight excluding hydrogens is 272 g/mol. The van der Waals surface area contributed by atoms with Gasteiger partial charge in [0.25, 0.3) is 0 Å². The third-order valence-electron chi connectivity index (χ3n) is 4.26. The van der Waals surface area contributed by atoms with Crippen molar-refractivity contribution in [1.82, 2.24) is 9.80 Å². The Morgan fingerprint density at radius 1 is 1.35 bits per heavy atom. The maximum atomic E-state index is 12.5. The lowest BCUT2D eigenvalue weighted by Crippen LogP contribution is -2.55. The van der Waals surface area contributed by atoms with Crippen LogP contribution in [0, 0.1) is 0 Å². The maximum Gasteiger partial charge on any atom is 0.179 e. The number of rotatable bonds is 4. The second-order valence-electron chi connectivity index (χ2n) is 5.52. The average Bonchev–Trinajstić information content (AvgIpc) is 2.46. The summed E-state index contributed by atoms with van der Waals surface area (Å²) in [7, 11) is 0. The Labute approximate surface area is 126 Å². The number of Topliss-reactive ketones (excluding diaryl/α,β-unsaturated/α-hetero) is 1. The summed E-state index contributed by atoms with van der Waals surface area (Å²) in [6.45, 7) is 10.5. The predicted octanol–water partition coefficient (Wildman–Crippen LogP) is 2.94. The lowest BCUT2D eigenvalue weighted by Gasteiger charge is -2.41. The van der Waals surface area contributed by atoms with Gasteiger partial charge in [0.2, 0.25) is 0 Å². The number of piperazine rings is 1. The monoisotopic (exact) mass is 294 g/mol. The first-order chi connectivity index (χ1) is 9.52. The largest absolute Gasteiger partial charge is 0.298 e. The summed E-state index contributed by atoms with van der Waals surface area (Å²) in [6, 6.07) is 7.62. The number of hydrogen-bond acceptors (Lipinski definition) is 3. The summed E-state index contributed by atoms with van der Waals surface area (Å²) in [4.78, 5) is 17.3. The zero-order valence-electron chi connectivity index (χ0n) is 12.5. The third kappa shape index (κ3) is 3.40. The van der Waals surface area contributed by atoms with Gasteiger partial charge in [-0.3, -0.25) is 14.6 Å². The lowest BCUT2D eigenvalue weighted by atomic mass is 10.0. The summed E-state index contributed by atoms with van der Waals surface area (Å²) in [5.41, 5.74) is 0.743. The summed E-state index contributed by atoms with van der Waals surface area (Å²) < 4.78 is 0. The van der Waals surface area contributed by atoms with Crippen LogP contribution >= 0.6 is 11.6 Å². The van der Waals surface area contributed by atoms with Crippen molar-refractivity contribution in [2.24, 2.45) is 0 Å². The molecular formula is C16H23ClN2O. The quantitative estimate of drug-likeness (QED) is 0.798. The summed E-state index contributed by atoms with van der Waals surface area (Å²) in [5, 5.41) is 0.666. The molecule has 3 nitrogen and oxygen atoms in total. The fourth-order valence-corrected chi connectivity index (χ4v) is 2.99. The van der Waals surface area contributed by atoms with E-state index in [9.17, 15) is 4.79 Å². The molecule has 4 heteroatoms. The molecule has 0 spiro atoms. The molecule has 0 aliphatic carbocycles. The molecule has 2 unspecified atom stereocenters. The molecule has 0 N–H and O–H groups in total. The van der Waals surface area contributed by atoms with Gasteiger partial charge in [-0.15, -0.1) is 0 Å². The van der Waals surface area contributed by atoms with E-state index in [1.165, 1.54) is 0 Å². The van der Waals surface area contributed by atoms with Gasteiger partial charge in [0.05, 0.1) is 6.04 Å². The van der Waals surface area contributed by atoms with Crippen molar-refractivity contribution < 1.29 is 4.79 Å². The molecule has 1 aliphatic heterocycles. The van der Waals surface area contributed by atoms with Crippen molar-refractivity contribution >= 4 is 17.4 Å². The topological polar surface area (TPSA) is 23.6 Å². The van der Waals surface area contributed by atoms with Crippen LogP contribution in [-0.4, -0.2) is 53.8 Å². The number of benzene rings is 1. The van der Waals surface area contributed by atoms with Gasteiger partial charge in [-0.2, -0.15) is 0 Å². The van der Waals surface area contributed by atoms with Crippen LogP contribution in [0.4, 0.5) is 0 Å². The highest BCUT2D eigenvalue weighted by atomic mass is 35.5. The number of ketones is 1. The van der Waals surface area contributed by atoms with E-state index in [-0.39, 0.29) is 11.8 Å². The van der Waals surface area contributed by atoms with Gasteiger partial charge >= 0.3 is 0 Å². The highest BCUT2D eigenvalue weighted by Gasteiger charge is 2.29. The molecule has 20 heavy (non-hydrogen) atoms. The van der Waals surface area contributed by atoms with Crippen LogP contribution < -0.4 is 0 Å². The zero-order valence-corrected chi connectivity index (χ0v) is 13.2. The van der Waals surface area contributed by atoms with E-state index < -0.39 is 0 Å². The van der Waals surface area contributed by atoms with Crippen LogP contribution in [0.3, 0.4) is 0 Å². The molecule has 1 aliphatic rings. The lowest BCUT2D eigenvalue weighted by molar-refractivity contribution is 0.0533. The number of likely N-dealkylation sites (N-methyl/N-ethyl adjacent to an activating group) is 1. The Bertz CT molecular complexity index is 460. The van der Waals surface area contributed by atoms with E-state index in [0.717, 1.165) is 31.7 Å². The molecule has 1 aromatic carbocycles. The van der Waals surface area contributed by atoms with Gasteiger partial charge in [-0.05, 0) is 44.7 Å². The van der Waals surface area contributed by atoms with Gasteiger partial charge in [0.15, 0.2) is 5.78 Å². The van der Waals surface area contributed by atoms with Crippen LogP contribution in [0.5, 0.6) is 0 Å². The van der Waals surface area contributed by atoms with Crippen LogP contribution in [-0.2, 0) is 0 Å². The molecule has 1 aromatic rings. The Morgan fingerprint density at radius 2 is 2.00 bits per heavy atom. The first-order valence-corrected chi connectivity index (χ1v) is 7.68. The Balaban J connectivity index is 2.02. The molecule has 2 atom stereocenters. The summed E-state index contributed by atoms with van der Waals surface area (Å²) in [6.07, 6.45) is 0. The van der Waals surface area contributed by atoms with Gasteiger partial charge in [-0.1, -0.05) is 18.5 Å². The molecule has 0 amide bonds. The molecule has 110 valence electrons. The predicted molar refractivity (Wildman–Crippen MR) is 83.5 cm³/mol. The Kier molecular flexibility index (Phi) is 5.19. The van der Waals surface area contributed by atoms with Crippen molar-refractivity contribution in [1.29, 1.82) is 0 Å². The molecule has 0 bridgehead atoms. The van der Waals surface area contributed by atoms with Crippen molar-refractivity contribution in [3.05, 3.63) is 34.9 Å². The highest BCUT2D eigenvalue weighted by Crippen LogP contribution is 2.17. The van der Waals surface area contributed by atoms with Gasteiger partial charge in [0, 0.05) is 36.3 Å². The van der Waals surface area contributed by atoms with E-state index in [1.54, 1.807) is 12.1 Å². The van der Waals surface area contributed by atoms with E-state index >= 15 is 0 Å². The Hall–Kier alpha value is -0.900. The zero-order chi connectivity index (χ0) is 14.7. The first-order valence-electron chi connectivity index (χ1n) is 7.30. The minimum atomic E-state index is -0.0716. The van der Waals surface area contributed by atoms with Crippen molar-refractivity contribution in [2.45, 2.75) is 32.9 Å². The van der Waals surface area contributed by atoms with E-state index in [4.69, 9.17) is 11.6 Å². The van der Waals surface area contributed by atoms with Gasteiger partial charge in [-0.25, -0.2) is 0 Å². The number of carbonyl (C=O) groups excluding carboxylic acids is 1. The molecule has 1 saturated heterocycles. The van der Waals surface area contributed by atoms with Crippen LogP contribution in [0.25, 0.3) is 0 Å². The van der Waals surface area contributed by atoms with Gasteiger partial charge < -0.3 is 0 Å². The average molecular weight is 295 g/mol. The third-order valence-corrected chi connectivity index (χ3v) is 4.51. The second-order valence-corrected chi connectivity index (χ2v) is 5.96. The maximum absolute atomic E-state index is 12.5. The standard InChI is InChI=1S/C16H23ClN2O/c1-4-18-9-10-19(11-12(18)2)13(3)16(20)14-5-7-15(17)8-6-14/h5-8,12-13H,4,9-11H2,1-3H3. The number of nitrogens with zero attached hydrogens (tertiary/aromatic N) is 2. The van der Waals surface area contributed by atoms with Gasteiger partial charge in [0.1, 0.15) is 0 Å². The van der Waals surface area contributed by atoms with E-state index in [1.807, 2.05) is 19.1 Å². The fraction of sp³-hybridized carbons (Fsp3) is 0.562. The molecule has 1 fully saturated rings. The van der Waals surface area contributed by atoms with Crippen LogP contribution in [0.15, 0.2) is 24.3 Å². The van der Waals surface area contributed by atoms with Crippen molar-refractivity contribution in [3.8, 4) is 0 Å².